The zero-order valence-corrected chi connectivity index (χ0v) is 52.2. The van der Waals surface area contributed by atoms with Gasteiger partial charge in [-0.2, -0.15) is 0 Å². The molecule has 0 rings (SSSR count). The van der Waals surface area contributed by atoms with Gasteiger partial charge < -0.3 is 14.2 Å². The van der Waals surface area contributed by atoms with Crippen molar-refractivity contribution in [3.8, 4) is 0 Å². The smallest absolute Gasteiger partial charge is 0.306 e. The van der Waals surface area contributed by atoms with Gasteiger partial charge >= 0.3 is 17.9 Å². The van der Waals surface area contributed by atoms with Gasteiger partial charge in [-0.1, -0.05) is 319 Å². The molecule has 0 aromatic carbocycles. The second-order valence-electron chi connectivity index (χ2n) is 23.1. The van der Waals surface area contributed by atoms with Crippen LogP contribution in [-0.2, 0) is 28.6 Å². The van der Waals surface area contributed by atoms with Crippen LogP contribution in [0.1, 0.15) is 361 Å². The number of ether oxygens (including phenoxy) is 3. The van der Waals surface area contributed by atoms with Crippen LogP contribution >= 0.6 is 0 Å². The molecule has 0 saturated heterocycles. The van der Waals surface area contributed by atoms with Crippen LogP contribution in [0, 0.1) is 0 Å². The lowest BCUT2D eigenvalue weighted by Crippen LogP contribution is -2.30. The topological polar surface area (TPSA) is 78.9 Å². The highest BCUT2D eigenvalue weighted by Crippen LogP contribution is 2.18. The van der Waals surface area contributed by atoms with Crippen molar-refractivity contribution in [3.63, 3.8) is 0 Å². The summed E-state index contributed by atoms with van der Waals surface area (Å²) in [7, 11) is 0. The fourth-order valence-corrected chi connectivity index (χ4v) is 10.1. The average Bonchev–Trinajstić information content (AvgIpc) is 3.44. The van der Waals surface area contributed by atoms with E-state index < -0.39 is 6.10 Å². The van der Waals surface area contributed by atoms with E-state index in [9.17, 15) is 14.4 Å². The van der Waals surface area contributed by atoms with E-state index in [1.165, 1.54) is 231 Å². The lowest BCUT2D eigenvalue weighted by molar-refractivity contribution is -0.167. The molecule has 0 aliphatic heterocycles. The third-order valence-electron chi connectivity index (χ3n) is 15.3. The second-order valence-corrected chi connectivity index (χ2v) is 23.1. The molecule has 0 aromatic heterocycles. The molecule has 0 spiro atoms. The fraction of sp³-hybridized carbons (Fsp3) is 0.819. The van der Waals surface area contributed by atoms with Gasteiger partial charge in [0.05, 0.1) is 0 Å². The Labute approximate surface area is 485 Å². The SMILES string of the molecule is CC/C=C\C/C=C\C/C=C\C/C=C\CCCCCCCCC(=O)OCC(COC(=O)CCCCCCCCCCC/C=C\CCCCCCCCCC)OC(=O)CCCCCCCCCCCCCCCCCCCCCC. The van der Waals surface area contributed by atoms with Gasteiger partial charge in [0, 0.05) is 19.3 Å². The van der Waals surface area contributed by atoms with Crippen LogP contribution in [0.2, 0.25) is 0 Å². The molecule has 1 atom stereocenters. The van der Waals surface area contributed by atoms with Gasteiger partial charge in [-0.15, -0.1) is 0 Å². The molecule has 78 heavy (non-hydrogen) atoms. The van der Waals surface area contributed by atoms with Crippen molar-refractivity contribution in [2.24, 2.45) is 0 Å². The summed E-state index contributed by atoms with van der Waals surface area (Å²) in [5, 5.41) is 0. The molecule has 0 aliphatic rings. The Balaban J connectivity index is 4.36. The Hall–Kier alpha value is -2.89. The lowest BCUT2D eigenvalue weighted by atomic mass is 10.0. The maximum Gasteiger partial charge on any atom is 0.306 e. The van der Waals surface area contributed by atoms with E-state index in [-0.39, 0.29) is 31.1 Å². The maximum atomic E-state index is 13.0. The highest BCUT2D eigenvalue weighted by Gasteiger charge is 2.19. The number of carbonyl (C=O) groups is 3. The molecule has 0 bridgehead atoms. The second kappa shape index (κ2) is 66.6. The van der Waals surface area contributed by atoms with E-state index in [1.54, 1.807) is 0 Å². The van der Waals surface area contributed by atoms with Crippen molar-refractivity contribution in [1.29, 1.82) is 0 Å². The van der Waals surface area contributed by atoms with Crippen molar-refractivity contribution in [2.45, 2.75) is 367 Å². The lowest BCUT2D eigenvalue weighted by Gasteiger charge is -2.18. The average molecular weight is 1090 g/mol. The van der Waals surface area contributed by atoms with Crippen LogP contribution < -0.4 is 0 Å². The first-order chi connectivity index (χ1) is 38.5. The first-order valence-electron chi connectivity index (χ1n) is 34.3. The molecule has 0 aliphatic carbocycles. The van der Waals surface area contributed by atoms with Gasteiger partial charge in [-0.05, 0) is 83.5 Å². The van der Waals surface area contributed by atoms with Gasteiger partial charge in [0.1, 0.15) is 13.2 Å². The molecular weight excluding hydrogens is 961 g/mol. The number of hydrogen-bond acceptors (Lipinski definition) is 6. The van der Waals surface area contributed by atoms with Crippen molar-refractivity contribution in [1.82, 2.24) is 0 Å². The van der Waals surface area contributed by atoms with Gasteiger partial charge in [0.2, 0.25) is 0 Å². The van der Waals surface area contributed by atoms with Crippen LogP contribution in [0.4, 0.5) is 0 Å². The highest BCUT2D eigenvalue weighted by molar-refractivity contribution is 5.71. The Morgan fingerprint density at radius 2 is 0.500 bits per heavy atom. The molecule has 0 heterocycles. The minimum absolute atomic E-state index is 0.0763. The molecule has 6 nitrogen and oxygen atoms in total. The third kappa shape index (κ3) is 63.9. The van der Waals surface area contributed by atoms with E-state index in [0.29, 0.717) is 19.3 Å². The molecule has 0 saturated carbocycles. The van der Waals surface area contributed by atoms with Gasteiger partial charge in [0.15, 0.2) is 6.10 Å². The van der Waals surface area contributed by atoms with Crippen LogP contribution in [-0.4, -0.2) is 37.2 Å². The van der Waals surface area contributed by atoms with Crippen molar-refractivity contribution in [2.75, 3.05) is 13.2 Å². The summed E-state index contributed by atoms with van der Waals surface area (Å²) in [6.07, 6.45) is 85.2. The van der Waals surface area contributed by atoms with Crippen LogP contribution in [0.3, 0.4) is 0 Å². The molecule has 1 unspecified atom stereocenters. The number of allylic oxidation sites excluding steroid dienone is 10. The Bertz CT molecular complexity index is 1390. The number of unbranched alkanes of at least 4 members (excludes halogenated alkanes) is 42. The number of rotatable bonds is 63. The van der Waals surface area contributed by atoms with Crippen molar-refractivity contribution in [3.05, 3.63) is 60.8 Å². The summed E-state index contributed by atoms with van der Waals surface area (Å²) in [6, 6.07) is 0. The third-order valence-corrected chi connectivity index (χ3v) is 15.3. The van der Waals surface area contributed by atoms with Crippen LogP contribution in [0.25, 0.3) is 0 Å². The Morgan fingerprint density at radius 1 is 0.269 bits per heavy atom. The first-order valence-corrected chi connectivity index (χ1v) is 34.3. The summed E-state index contributed by atoms with van der Waals surface area (Å²) >= 11 is 0. The normalized spacial score (nSPS) is 12.4. The van der Waals surface area contributed by atoms with E-state index in [2.05, 4.69) is 81.5 Å². The van der Waals surface area contributed by atoms with E-state index in [1.807, 2.05) is 0 Å². The first kappa shape index (κ1) is 75.1. The summed E-state index contributed by atoms with van der Waals surface area (Å²) < 4.78 is 17.0. The molecule has 0 radical (unpaired) electrons. The zero-order chi connectivity index (χ0) is 56.4. The van der Waals surface area contributed by atoms with Crippen molar-refractivity contribution >= 4 is 17.9 Å². The zero-order valence-electron chi connectivity index (χ0n) is 52.2. The van der Waals surface area contributed by atoms with E-state index in [4.69, 9.17) is 14.2 Å². The van der Waals surface area contributed by atoms with Gasteiger partial charge in [-0.25, -0.2) is 0 Å². The van der Waals surface area contributed by atoms with Gasteiger partial charge in [0.25, 0.3) is 0 Å². The van der Waals surface area contributed by atoms with E-state index >= 15 is 0 Å². The van der Waals surface area contributed by atoms with Gasteiger partial charge in [-0.3, -0.25) is 14.4 Å². The summed E-state index contributed by atoms with van der Waals surface area (Å²) in [4.78, 5) is 38.4. The quantitative estimate of drug-likeness (QED) is 0.0261. The molecule has 0 amide bonds. The van der Waals surface area contributed by atoms with Crippen LogP contribution in [0.15, 0.2) is 60.8 Å². The minimum atomic E-state index is -0.781. The number of esters is 3. The molecule has 0 aromatic rings. The number of carbonyl (C=O) groups excluding carboxylic acids is 3. The molecule has 454 valence electrons. The Morgan fingerprint density at radius 3 is 0.795 bits per heavy atom. The molecule has 0 fully saturated rings. The summed E-state index contributed by atoms with van der Waals surface area (Å²) in [5.41, 5.74) is 0. The predicted molar refractivity (Wildman–Crippen MR) is 339 cm³/mol. The molecule has 0 N–H and O–H groups in total. The number of hydrogen-bond donors (Lipinski definition) is 0. The maximum absolute atomic E-state index is 13.0. The van der Waals surface area contributed by atoms with E-state index in [0.717, 1.165) is 89.9 Å². The van der Waals surface area contributed by atoms with Crippen LogP contribution in [0.5, 0.6) is 0 Å². The Kier molecular flexibility index (Phi) is 64.2. The molecule has 6 heteroatoms. The summed E-state index contributed by atoms with van der Waals surface area (Å²) in [5.74, 6) is -0.869. The largest absolute Gasteiger partial charge is 0.462 e. The highest BCUT2D eigenvalue weighted by atomic mass is 16.6. The standard InChI is InChI=1S/C72H130O6/c1-4-7-10-13-16-19-22-25-28-31-34-36-39-41-44-47-50-53-56-59-62-65-71(74)77-68-69(67-76-70(73)64-61-58-55-52-49-46-43-40-37-33-30-27-24-21-18-15-12-9-6-3)78-72(75)66-63-60-57-54-51-48-45-42-38-35-32-29-26-23-20-17-14-11-8-5-2/h9,12,18,21,27,30-31,34,37,40,69H,4-8,10-11,13-17,19-20,22-26,28-29,32-33,35-36,38-39,41-68H2,1-3H3/b12-9-,21-18-,30-27-,34-31-,40-37-. The fourth-order valence-electron chi connectivity index (χ4n) is 10.1. The minimum Gasteiger partial charge on any atom is -0.462 e. The predicted octanol–water partition coefficient (Wildman–Crippen LogP) is 23.5. The monoisotopic (exact) mass is 1090 g/mol. The van der Waals surface area contributed by atoms with Crippen molar-refractivity contribution < 1.29 is 28.6 Å². The summed E-state index contributed by atoms with van der Waals surface area (Å²) in [6.45, 7) is 6.58. The molecular formula is C72H130O6.